The molecule has 1 heterocycles. The Morgan fingerprint density at radius 1 is 1.40 bits per heavy atom. The van der Waals surface area contributed by atoms with E-state index in [0.29, 0.717) is 17.1 Å². The molecule has 1 atom stereocenters. The number of aromatic nitrogens is 4. The molecule has 0 spiro atoms. The third-order valence-electron chi connectivity index (χ3n) is 4.01. The molecule has 1 fully saturated rings. The highest BCUT2D eigenvalue weighted by Crippen LogP contribution is 2.44. The predicted octanol–water partition coefficient (Wildman–Crippen LogP) is 2.81. The van der Waals surface area contributed by atoms with E-state index in [0.717, 1.165) is 19.3 Å². The zero-order chi connectivity index (χ0) is 14.3. The van der Waals surface area contributed by atoms with Crippen LogP contribution in [0.1, 0.15) is 39.2 Å². The average molecular weight is 275 g/mol. The van der Waals surface area contributed by atoms with Gasteiger partial charge in [-0.15, -0.1) is 5.10 Å². The Balaban J connectivity index is 2.01. The minimum absolute atomic E-state index is 0.218. The lowest BCUT2D eigenvalue weighted by molar-refractivity contribution is 0.348. The summed E-state index contributed by atoms with van der Waals surface area (Å²) >= 11 is 0. The molecular formula is C14H18FN5. The van der Waals surface area contributed by atoms with E-state index in [1.54, 1.807) is 10.7 Å². The molecule has 0 amide bonds. The van der Waals surface area contributed by atoms with Gasteiger partial charge < -0.3 is 5.73 Å². The summed E-state index contributed by atoms with van der Waals surface area (Å²) in [6, 6.07) is 4.68. The van der Waals surface area contributed by atoms with Gasteiger partial charge in [-0.2, -0.15) is 0 Å². The first-order chi connectivity index (χ1) is 9.46. The molecule has 1 aliphatic rings. The van der Waals surface area contributed by atoms with E-state index in [2.05, 4.69) is 29.4 Å². The fraction of sp³-hybridized carbons (Fsp3) is 0.500. The molecule has 6 heteroatoms. The highest BCUT2D eigenvalue weighted by molar-refractivity contribution is 5.61. The van der Waals surface area contributed by atoms with Gasteiger partial charge in [-0.1, -0.05) is 13.8 Å². The third kappa shape index (κ3) is 2.26. The number of benzene rings is 1. The molecule has 1 unspecified atom stereocenters. The van der Waals surface area contributed by atoms with Crippen LogP contribution in [0.3, 0.4) is 0 Å². The molecular weight excluding hydrogens is 257 g/mol. The van der Waals surface area contributed by atoms with Crippen LogP contribution in [0.4, 0.5) is 10.1 Å². The quantitative estimate of drug-likeness (QED) is 0.856. The van der Waals surface area contributed by atoms with Crippen LogP contribution >= 0.6 is 0 Å². The van der Waals surface area contributed by atoms with Crippen LogP contribution in [-0.4, -0.2) is 20.2 Å². The Kier molecular flexibility index (Phi) is 2.96. The second-order valence-corrected chi connectivity index (χ2v) is 6.25. The Morgan fingerprint density at radius 3 is 2.90 bits per heavy atom. The van der Waals surface area contributed by atoms with E-state index in [1.807, 2.05) is 0 Å². The summed E-state index contributed by atoms with van der Waals surface area (Å²) in [5, 5.41) is 11.8. The Hall–Kier alpha value is -1.98. The molecule has 5 nitrogen and oxygen atoms in total. The fourth-order valence-electron chi connectivity index (χ4n) is 2.94. The lowest BCUT2D eigenvalue weighted by atomic mass is 9.92. The Morgan fingerprint density at radius 2 is 2.20 bits per heavy atom. The molecule has 106 valence electrons. The molecule has 1 aromatic heterocycles. The van der Waals surface area contributed by atoms with Crippen LogP contribution in [0, 0.1) is 11.2 Å². The van der Waals surface area contributed by atoms with Gasteiger partial charge in [0.25, 0.3) is 0 Å². The van der Waals surface area contributed by atoms with Crippen LogP contribution in [0.25, 0.3) is 11.4 Å². The molecule has 1 saturated carbocycles. The molecule has 20 heavy (non-hydrogen) atoms. The molecule has 2 N–H and O–H groups in total. The third-order valence-corrected chi connectivity index (χ3v) is 4.01. The predicted molar refractivity (Wildman–Crippen MR) is 74.3 cm³/mol. The highest BCUT2D eigenvalue weighted by Gasteiger charge is 2.34. The van der Waals surface area contributed by atoms with Crippen molar-refractivity contribution in [2.24, 2.45) is 5.41 Å². The van der Waals surface area contributed by atoms with Crippen molar-refractivity contribution < 1.29 is 4.39 Å². The van der Waals surface area contributed by atoms with Crippen molar-refractivity contribution in [1.29, 1.82) is 0 Å². The van der Waals surface area contributed by atoms with E-state index in [9.17, 15) is 4.39 Å². The zero-order valence-corrected chi connectivity index (χ0v) is 11.7. The lowest BCUT2D eigenvalue weighted by Gasteiger charge is -2.17. The van der Waals surface area contributed by atoms with Gasteiger partial charge in [-0.3, -0.25) is 0 Å². The summed E-state index contributed by atoms with van der Waals surface area (Å²) in [6.45, 7) is 4.47. The number of hydrogen-bond acceptors (Lipinski definition) is 4. The van der Waals surface area contributed by atoms with Crippen molar-refractivity contribution in [3.8, 4) is 11.4 Å². The summed E-state index contributed by atoms with van der Waals surface area (Å²) in [5.41, 5.74) is 6.88. The van der Waals surface area contributed by atoms with Crippen LogP contribution < -0.4 is 5.73 Å². The maximum Gasteiger partial charge on any atom is 0.185 e. The van der Waals surface area contributed by atoms with Crippen molar-refractivity contribution in [2.45, 2.75) is 39.2 Å². The number of nitrogens with two attached hydrogens (primary N) is 1. The minimum atomic E-state index is -0.354. The van der Waals surface area contributed by atoms with Gasteiger partial charge in [0.15, 0.2) is 5.82 Å². The summed E-state index contributed by atoms with van der Waals surface area (Å²) in [4.78, 5) is 0. The van der Waals surface area contributed by atoms with E-state index in [1.165, 1.54) is 12.1 Å². The van der Waals surface area contributed by atoms with E-state index >= 15 is 0 Å². The van der Waals surface area contributed by atoms with Crippen LogP contribution in [0.15, 0.2) is 18.2 Å². The van der Waals surface area contributed by atoms with Gasteiger partial charge >= 0.3 is 0 Å². The van der Waals surface area contributed by atoms with Crippen molar-refractivity contribution >= 4 is 5.69 Å². The monoisotopic (exact) mass is 275 g/mol. The van der Waals surface area contributed by atoms with E-state index in [-0.39, 0.29) is 17.3 Å². The molecule has 1 aliphatic carbocycles. The summed E-state index contributed by atoms with van der Waals surface area (Å²) in [6.07, 6.45) is 3.13. The molecule has 0 radical (unpaired) electrons. The molecule has 1 aromatic carbocycles. The SMILES string of the molecule is CC1(C)CCC(n2nnnc2-c2cc(N)ccc2F)C1. The van der Waals surface area contributed by atoms with Crippen molar-refractivity contribution in [3.05, 3.63) is 24.0 Å². The fourth-order valence-corrected chi connectivity index (χ4v) is 2.94. The zero-order valence-electron chi connectivity index (χ0n) is 11.7. The van der Waals surface area contributed by atoms with E-state index in [4.69, 9.17) is 5.73 Å². The first-order valence-electron chi connectivity index (χ1n) is 6.79. The van der Waals surface area contributed by atoms with Crippen LogP contribution in [-0.2, 0) is 0 Å². The Labute approximate surface area is 117 Å². The number of tetrazole rings is 1. The van der Waals surface area contributed by atoms with Crippen molar-refractivity contribution in [3.63, 3.8) is 0 Å². The highest BCUT2D eigenvalue weighted by atomic mass is 19.1. The topological polar surface area (TPSA) is 69.6 Å². The van der Waals surface area contributed by atoms with Gasteiger partial charge in [0.05, 0.1) is 11.6 Å². The largest absolute Gasteiger partial charge is 0.399 e. The number of anilines is 1. The van der Waals surface area contributed by atoms with E-state index < -0.39 is 0 Å². The second kappa shape index (κ2) is 4.54. The van der Waals surface area contributed by atoms with Gasteiger partial charge in [-0.05, 0) is 53.3 Å². The normalized spacial score (nSPS) is 21.2. The molecule has 0 aliphatic heterocycles. The molecule has 0 bridgehead atoms. The Bertz CT molecular complexity index is 634. The van der Waals surface area contributed by atoms with Crippen LogP contribution in [0.5, 0.6) is 0 Å². The lowest BCUT2D eigenvalue weighted by Crippen LogP contribution is -2.12. The standard InChI is InChI=1S/C14H18FN5/c1-14(2)6-5-10(8-14)20-13(17-18-19-20)11-7-9(16)3-4-12(11)15/h3-4,7,10H,5-6,8,16H2,1-2H3. The smallest absolute Gasteiger partial charge is 0.185 e. The van der Waals surface area contributed by atoms with Crippen molar-refractivity contribution in [1.82, 2.24) is 20.2 Å². The first kappa shape index (κ1) is 13.0. The van der Waals surface area contributed by atoms with Gasteiger partial charge in [0.1, 0.15) is 5.82 Å². The minimum Gasteiger partial charge on any atom is -0.399 e. The van der Waals surface area contributed by atoms with Gasteiger partial charge in [-0.25, -0.2) is 9.07 Å². The summed E-state index contributed by atoms with van der Waals surface area (Å²) < 4.78 is 15.7. The van der Waals surface area contributed by atoms with Crippen LogP contribution in [0.2, 0.25) is 0 Å². The second-order valence-electron chi connectivity index (χ2n) is 6.25. The molecule has 2 aromatic rings. The number of hydrogen-bond donors (Lipinski definition) is 1. The van der Waals surface area contributed by atoms with Gasteiger partial charge in [0, 0.05) is 5.69 Å². The molecule has 3 rings (SSSR count). The number of rotatable bonds is 2. The number of nitrogen functional groups attached to an aromatic ring is 1. The number of halogens is 1. The number of nitrogens with zero attached hydrogens (tertiary/aromatic N) is 4. The first-order valence-corrected chi connectivity index (χ1v) is 6.79. The summed E-state index contributed by atoms with van der Waals surface area (Å²) in [7, 11) is 0. The summed E-state index contributed by atoms with van der Waals surface area (Å²) in [5.74, 6) is 0.102. The van der Waals surface area contributed by atoms with Crippen molar-refractivity contribution in [2.75, 3.05) is 5.73 Å². The average Bonchev–Trinajstić information content (AvgIpc) is 2.98. The molecule has 0 saturated heterocycles. The van der Waals surface area contributed by atoms with Gasteiger partial charge in [0.2, 0.25) is 0 Å². The maximum atomic E-state index is 14.0. The maximum absolute atomic E-state index is 14.0.